The van der Waals surface area contributed by atoms with Gasteiger partial charge in [-0.1, -0.05) is 37.3 Å². The van der Waals surface area contributed by atoms with Crippen molar-refractivity contribution in [3.63, 3.8) is 0 Å². The van der Waals surface area contributed by atoms with E-state index in [1.807, 2.05) is 18.2 Å². The Hall–Kier alpha value is -1.77. The normalized spacial score (nSPS) is 19.0. The third-order valence-corrected chi connectivity index (χ3v) is 3.54. The van der Waals surface area contributed by atoms with E-state index >= 15 is 0 Å². The van der Waals surface area contributed by atoms with Crippen LogP contribution < -0.4 is 5.73 Å². The monoisotopic (exact) mass is 227 g/mol. The third-order valence-electron chi connectivity index (χ3n) is 3.54. The molecule has 88 valence electrons. The van der Waals surface area contributed by atoms with E-state index in [0.717, 1.165) is 29.4 Å². The molecule has 2 N–H and O–H groups in total. The summed E-state index contributed by atoms with van der Waals surface area (Å²) in [4.78, 5) is 4.74. The summed E-state index contributed by atoms with van der Waals surface area (Å²) in [5, 5.41) is 0. The molecule has 17 heavy (non-hydrogen) atoms. The average Bonchev–Trinajstić information content (AvgIpc) is 2.70. The first-order valence-corrected chi connectivity index (χ1v) is 6.18. The topological polar surface area (TPSA) is 43.8 Å². The molecule has 1 aliphatic rings. The number of nitrogens with zero attached hydrogens (tertiary/aromatic N) is 2. The van der Waals surface area contributed by atoms with E-state index in [0.29, 0.717) is 5.92 Å². The zero-order chi connectivity index (χ0) is 11.8. The Morgan fingerprint density at radius 1 is 1.29 bits per heavy atom. The lowest BCUT2D eigenvalue weighted by Gasteiger charge is -2.20. The summed E-state index contributed by atoms with van der Waals surface area (Å²) in [5.41, 5.74) is 8.27. The zero-order valence-electron chi connectivity index (χ0n) is 10.1. The third kappa shape index (κ3) is 1.62. The van der Waals surface area contributed by atoms with Gasteiger partial charge in [-0.2, -0.15) is 0 Å². The minimum absolute atomic E-state index is 0.517. The van der Waals surface area contributed by atoms with Gasteiger partial charge in [0.15, 0.2) is 0 Å². The van der Waals surface area contributed by atoms with E-state index in [9.17, 15) is 0 Å². The fourth-order valence-electron chi connectivity index (χ4n) is 2.59. The van der Waals surface area contributed by atoms with E-state index in [1.165, 1.54) is 12.8 Å². The summed E-state index contributed by atoms with van der Waals surface area (Å²) in [6.07, 6.45) is 2.41. The van der Waals surface area contributed by atoms with Crippen LogP contribution in [0.25, 0.3) is 11.3 Å². The maximum Gasteiger partial charge on any atom is 0.131 e. The molecule has 3 heteroatoms. The molecule has 0 amide bonds. The summed E-state index contributed by atoms with van der Waals surface area (Å²) in [6.45, 7) is 3.23. The lowest BCUT2D eigenvalue weighted by Crippen LogP contribution is -2.15. The van der Waals surface area contributed by atoms with Crippen molar-refractivity contribution < 1.29 is 0 Å². The smallest absolute Gasteiger partial charge is 0.131 e. The number of benzene rings is 1. The van der Waals surface area contributed by atoms with Crippen molar-refractivity contribution in [2.24, 2.45) is 0 Å². The first kappa shape index (κ1) is 10.4. The summed E-state index contributed by atoms with van der Waals surface area (Å²) >= 11 is 0. The van der Waals surface area contributed by atoms with E-state index in [4.69, 9.17) is 10.7 Å². The number of aromatic nitrogens is 2. The molecule has 2 aromatic rings. The fourth-order valence-corrected chi connectivity index (χ4v) is 2.59. The lowest BCUT2D eigenvalue weighted by atomic mass is 10.0. The molecular formula is C14H17N3. The molecule has 0 saturated heterocycles. The molecular weight excluding hydrogens is 210 g/mol. The number of nitrogens with two attached hydrogens (primary N) is 1. The van der Waals surface area contributed by atoms with Crippen LogP contribution in [0.4, 0.5) is 5.82 Å². The number of nitrogen functional groups attached to an aromatic ring is 1. The highest BCUT2D eigenvalue weighted by molar-refractivity contribution is 5.71. The van der Waals surface area contributed by atoms with Crippen LogP contribution >= 0.6 is 0 Å². The van der Waals surface area contributed by atoms with Gasteiger partial charge in [0.2, 0.25) is 0 Å². The highest BCUT2D eigenvalue weighted by Crippen LogP contribution is 2.34. The molecule has 0 radical (unpaired) electrons. The van der Waals surface area contributed by atoms with Crippen molar-refractivity contribution >= 4 is 5.82 Å². The molecule has 1 aromatic heterocycles. The van der Waals surface area contributed by atoms with Gasteiger partial charge in [-0.15, -0.1) is 0 Å². The molecule has 1 aliphatic heterocycles. The van der Waals surface area contributed by atoms with Crippen LogP contribution in [0.1, 0.15) is 31.5 Å². The summed E-state index contributed by atoms with van der Waals surface area (Å²) < 4.78 is 2.18. The van der Waals surface area contributed by atoms with Gasteiger partial charge in [0, 0.05) is 18.0 Å². The van der Waals surface area contributed by atoms with E-state index in [2.05, 4.69) is 23.6 Å². The number of imidazole rings is 1. The number of anilines is 1. The first-order chi connectivity index (χ1) is 8.27. The Morgan fingerprint density at radius 2 is 2.06 bits per heavy atom. The van der Waals surface area contributed by atoms with Crippen molar-refractivity contribution in [3.05, 3.63) is 36.2 Å². The second-order valence-electron chi connectivity index (χ2n) is 4.76. The van der Waals surface area contributed by atoms with E-state index < -0.39 is 0 Å². The number of fused-ring (bicyclic) bond motifs is 1. The standard InChI is InChI=1S/C14H17N3/c1-10-6-5-9-17-13(15)12(16-14(10)17)11-7-3-2-4-8-11/h2-4,7-8,10H,5-6,9,15H2,1H3. The summed E-state index contributed by atoms with van der Waals surface area (Å²) in [6, 6.07) is 10.2. The number of rotatable bonds is 1. The lowest BCUT2D eigenvalue weighted by molar-refractivity contribution is 0.467. The summed E-state index contributed by atoms with van der Waals surface area (Å²) in [7, 11) is 0. The molecule has 1 unspecified atom stereocenters. The minimum atomic E-state index is 0.517. The Kier molecular flexibility index (Phi) is 2.39. The fraction of sp³-hybridized carbons (Fsp3) is 0.357. The molecule has 0 spiro atoms. The highest BCUT2D eigenvalue weighted by atomic mass is 15.2. The molecule has 1 atom stereocenters. The molecule has 2 heterocycles. The number of hydrogen-bond acceptors (Lipinski definition) is 2. The second kappa shape index (κ2) is 3.91. The Balaban J connectivity index is 2.14. The van der Waals surface area contributed by atoms with Crippen LogP contribution in [-0.2, 0) is 6.54 Å². The maximum atomic E-state index is 6.22. The van der Waals surface area contributed by atoms with Gasteiger partial charge in [0.1, 0.15) is 17.3 Å². The van der Waals surface area contributed by atoms with Gasteiger partial charge in [-0.25, -0.2) is 4.98 Å². The van der Waals surface area contributed by atoms with Gasteiger partial charge < -0.3 is 10.3 Å². The Labute approximate surface area is 101 Å². The van der Waals surface area contributed by atoms with Crippen LogP contribution in [0.2, 0.25) is 0 Å². The molecule has 0 aliphatic carbocycles. The van der Waals surface area contributed by atoms with Crippen molar-refractivity contribution in [2.75, 3.05) is 5.73 Å². The predicted molar refractivity (Wildman–Crippen MR) is 69.7 cm³/mol. The van der Waals surface area contributed by atoms with Gasteiger partial charge >= 0.3 is 0 Å². The Morgan fingerprint density at radius 3 is 2.76 bits per heavy atom. The average molecular weight is 227 g/mol. The molecule has 0 fully saturated rings. The van der Waals surface area contributed by atoms with Gasteiger partial charge in [-0.05, 0) is 12.8 Å². The van der Waals surface area contributed by atoms with Crippen molar-refractivity contribution in [3.8, 4) is 11.3 Å². The van der Waals surface area contributed by atoms with Crippen molar-refractivity contribution in [2.45, 2.75) is 32.2 Å². The highest BCUT2D eigenvalue weighted by Gasteiger charge is 2.23. The molecule has 3 rings (SSSR count). The first-order valence-electron chi connectivity index (χ1n) is 6.18. The van der Waals surface area contributed by atoms with Crippen molar-refractivity contribution in [1.82, 2.24) is 9.55 Å². The molecule has 0 bridgehead atoms. The van der Waals surface area contributed by atoms with Crippen LogP contribution in [0.3, 0.4) is 0 Å². The second-order valence-corrected chi connectivity index (χ2v) is 4.76. The SMILES string of the molecule is CC1CCCn2c1nc(-c1ccccc1)c2N. The van der Waals surface area contributed by atoms with Gasteiger partial charge in [0.25, 0.3) is 0 Å². The van der Waals surface area contributed by atoms with Crippen LogP contribution in [0.5, 0.6) is 0 Å². The van der Waals surface area contributed by atoms with Gasteiger partial charge in [-0.3, -0.25) is 0 Å². The number of hydrogen-bond donors (Lipinski definition) is 1. The molecule has 3 nitrogen and oxygen atoms in total. The van der Waals surface area contributed by atoms with Gasteiger partial charge in [0.05, 0.1) is 0 Å². The van der Waals surface area contributed by atoms with Crippen LogP contribution in [0.15, 0.2) is 30.3 Å². The minimum Gasteiger partial charge on any atom is -0.383 e. The van der Waals surface area contributed by atoms with Crippen molar-refractivity contribution in [1.29, 1.82) is 0 Å². The largest absolute Gasteiger partial charge is 0.383 e. The molecule has 0 saturated carbocycles. The maximum absolute atomic E-state index is 6.22. The summed E-state index contributed by atoms with van der Waals surface area (Å²) in [5.74, 6) is 2.48. The van der Waals surface area contributed by atoms with Crippen LogP contribution in [0, 0.1) is 0 Å². The molecule has 1 aromatic carbocycles. The Bertz CT molecular complexity index is 528. The zero-order valence-corrected chi connectivity index (χ0v) is 10.1. The van der Waals surface area contributed by atoms with Crippen LogP contribution in [-0.4, -0.2) is 9.55 Å². The quantitative estimate of drug-likeness (QED) is 0.813. The predicted octanol–water partition coefficient (Wildman–Crippen LogP) is 3.03. The van der Waals surface area contributed by atoms with E-state index in [1.54, 1.807) is 0 Å². The van der Waals surface area contributed by atoms with E-state index in [-0.39, 0.29) is 0 Å².